The number of hydrogen-bond acceptors (Lipinski definition) is 4. The van der Waals surface area contributed by atoms with E-state index in [0.29, 0.717) is 5.02 Å². The average molecular weight is 308 g/mol. The smallest absolute Gasteiger partial charge is 0.151 e. The van der Waals surface area contributed by atoms with Gasteiger partial charge in [0.2, 0.25) is 0 Å². The highest BCUT2D eigenvalue weighted by atomic mass is 35.5. The van der Waals surface area contributed by atoms with E-state index < -0.39 is 0 Å². The Labute approximate surface area is 130 Å². The Hall–Kier alpha value is -1.46. The van der Waals surface area contributed by atoms with Gasteiger partial charge in [-0.2, -0.15) is 5.10 Å². The molecule has 2 aromatic rings. The van der Waals surface area contributed by atoms with E-state index in [2.05, 4.69) is 41.2 Å². The van der Waals surface area contributed by atoms with Crippen LogP contribution in [0.1, 0.15) is 56.4 Å². The van der Waals surface area contributed by atoms with Crippen LogP contribution in [-0.4, -0.2) is 26.3 Å². The van der Waals surface area contributed by atoms with Crippen LogP contribution in [0.25, 0.3) is 0 Å². The SMILES string of the molecule is CCCNC(c1ncc(C)cn1)c1c(Cl)cnn1C(C)C. The van der Waals surface area contributed by atoms with Gasteiger partial charge in [-0.25, -0.2) is 9.97 Å². The van der Waals surface area contributed by atoms with Crippen molar-refractivity contribution in [1.82, 2.24) is 25.1 Å². The third kappa shape index (κ3) is 3.60. The highest BCUT2D eigenvalue weighted by molar-refractivity contribution is 6.31. The summed E-state index contributed by atoms with van der Waals surface area (Å²) in [5.74, 6) is 0.721. The molecule has 0 fully saturated rings. The molecule has 2 rings (SSSR count). The molecule has 6 heteroatoms. The molecule has 2 aromatic heterocycles. The van der Waals surface area contributed by atoms with Crippen molar-refractivity contribution in [2.24, 2.45) is 0 Å². The van der Waals surface area contributed by atoms with Gasteiger partial charge in [0.15, 0.2) is 5.82 Å². The first-order valence-corrected chi connectivity index (χ1v) is 7.67. The fourth-order valence-electron chi connectivity index (χ4n) is 2.18. The number of aryl methyl sites for hydroxylation is 1. The van der Waals surface area contributed by atoms with E-state index in [-0.39, 0.29) is 12.1 Å². The van der Waals surface area contributed by atoms with Crippen LogP contribution in [0.2, 0.25) is 5.02 Å². The molecule has 0 aliphatic carbocycles. The first-order valence-electron chi connectivity index (χ1n) is 7.29. The molecule has 0 aromatic carbocycles. The maximum absolute atomic E-state index is 6.36. The summed E-state index contributed by atoms with van der Waals surface area (Å²) in [4.78, 5) is 8.91. The van der Waals surface area contributed by atoms with E-state index in [1.165, 1.54) is 0 Å². The van der Waals surface area contributed by atoms with Gasteiger partial charge in [0.25, 0.3) is 0 Å². The molecule has 0 aliphatic heterocycles. The molecule has 5 nitrogen and oxygen atoms in total. The van der Waals surface area contributed by atoms with Gasteiger partial charge in [-0.3, -0.25) is 4.68 Å². The van der Waals surface area contributed by atoms with Crippen LogP contribution in [0.3, 0.4) is 0 Å². The fraction of sp³-hybridized carbons (Fsp3) is 0.533. The first kappa shape index (κ1) is 15.9. The number of halogens is 1. The molecular formula is C15H22ClN5. The van der Waals surface area contributed by atoms with Gasteiger partial charge >= 0.3 is 0 Å². The lowest BCUT2D eigenvalue weighted by molar-refractivity contribution is 0.463. The van der Waals surface area contributed by atoms with E-state index in [1.807, 2.05) is 24.0 Å². The summed E-state index contributed by atoms with van der Waals surface area (Å²) >= 11 is 6.36. The number of rotatable bonds is 6. The third-order valence-electron chi connectivity index (χ3n) is 3.21. The normalized spacial score (nSPS) is 12.9. The van der Waals surface area contributed by atoms with Crippen molar-refractivity contribution in [1.29, 1.82) is 0 Å². The number of hydrogen-bond donors (Lipinski definition) is 1. The maximum atomic E-state index is 6.36. The van der Waals surface area contributed by atoms with Crippen molar-refractivity contribution >= 4 is 11.6 Å². The van der Waals surface area contributed by atoms with Crippen molar-refractivity contribution in [2.45, 2.75) is 46.2 Å². The Kier molecular flexibility index (Phi) is 5.31. The average Bonchev–Trinajstić information content (AvgIpc) is 2.83. The van der Waals surface area contributed by atoms with Crippen LogP contribution in [0.4, 0.5) is 0 Å². The van der Waals surface area contributed by atoms with Crippen LogP contribution in [0.15, 0.2) is 18.6 Å². The van der Waals surface area contributed by atoms with Crippen LogP contribution < -0.4 is 5.32 Å². The lowest BCUT2D eigenvalue weighted by Crippen LogP contribution is -2.28. The largest absolute Gasteiger partial charge is 0.302 e. The van der Waals surface area contributed by atoms with Crippen molar-refractivity contribution in [3.05, 3.63) is 40.7 Å². The molecule has 0 saturated carbocycles. The molecule has 0 spiro atoms. The minimum atomic E-state index is -0.150. The summed E-state index contributed by atoms with van der Waals surface area (Å²) in [5, 5.41) is 8.49. The molecule has 0 bridgehead atoms. The molecule has 0 amide bonds. The van der Waals surface area contributed by atoms with Crippen LogP contribution in [0, 0.1) is 6.92 Å². The molecule has 1 N–H and O–H groups in total. The second kappa shape index (κ2) is 7.00. The lowest BCUT2D eigenvalue weighted by Gasteiger charge is -2.21. The van der Waals surface area contributed by atoms with Gasteiger partial charge in [0.05, 0.1) is 16.9 Å². The third-order valence-corrected chi connectivity index (χ3v) is 3.50. The Balaban J connectivity index is 2.45. The van der Waals surface area contributed by atoms with E-state index in [1.54, 1.807) is 6.20 Å². The van der Waals surface area contributed by atoms with Gasteiger partial charge in [-0.15, -0.1) is 0 Å². The fourth-order valence-corrected chi connectivity index (χ4v) is 2.42. The Morgan fingerprint density at radius 3 is 2.48 bits per heavy atom. The first-order chi connectivity index (χ1) is 10.0. The summed E-state index contributed by atoms with van der Waals surface area (Å²) in [7, 11) is 0. The quantitative estimate of drug-likeness (QED) is 0.889. The lowest BCUT2D eigenvalue weighted by atomic mass is 10.1. The molecule has 2 heterocycles. The number of aromatic nitrogens is 4. The van der Waals surface area contributed by atoms with Gasteiger partial charge in [0, 0.05) is 18.4 Å². The summed E-state index contributed by atoms with van der Waals surface area (Å²) < 4.78 is 1.93. The molecule has 0 radical (unpaired) electrons. The second-order valence-electron chi connectivity index (χ2n) is 5.42. The van der Waals surface area contributed by atoms with Crippen LogP contribution >= 0.6 is 11.6 Å². The molecule has 0 aliphatic rings. The molecule has 1 atom stereocenters. The Morgan fingerprint density at radius 2 is 1.90 bits per heavy atom. The van der Waals surface area contributed by atoms with E-state index in [9.17, 15) is 0 Å². The molecule has 0 saturated heterocycles. The van der Waals surface area contributed by atoms with Crippen molar-refractivity contribution < 1.29 is 0 Å². The highest BCUT2D eigenvalue weighted by Gasteiger charge is 2.24. The minimum absolute atomic E-state index is 0.150. The summed E-state index contributed by atoms with van der Waals surface area (Å²) in [6.07, 6.45) is 6.36. The number of nitrogens with one attached hydrogen (secondary N) is 1. The Bertz CT molecular complexity index is 576. The predicted molar refractivity (Wildman–Crippen MR) is 84.5 cm³/mol. The van der Waals surface area contributed by atoms with Gasteiger partial charge in [-0.1, -0.05) is 18.5 Å². The second-order valence-corrected chi connectivity index (χ2v) is 5.83. The maximum Gasteiger partial charge on any atom is 0.151 e. The van der Waals surface area contributed by atoms with Gasteiger partial charge in [0.1, 0.15) is 6.04 Å². The van der Waals surface area contributed by atoms with Crippen molar-refractivity contribution in [2.75, 3.05) is 6.54 Å². The molecular weight excluding hydrogens is 286 g/mol. The summed E-state index contributed by atoms with van der Waals surface area (Å²) in [5.41, 5.74) is 1.96. The summed E-state index contributed by atoms with van der Waals surface area (Å²) in [6, 6.07) is 0.0758. The van der Waals surface area contributed by atoms with Gasteiger partial charge < -0.3 is 5.32 Å². The summed E-state index contributed by atoms with van der Waals surface area (Å²) in [6.45, 7) is 9.13. The monoisotopic (exact) mass is 307 g/mol. The number of nitrogens with zero attached hydrogens (tertiary/aromatic N) is 4. The molecule has 1 unspecified atom stereocenters. The van der Waals surface area contributed by atoms with Crippen LogP contribution in [-0.2, 0) is 0 Å². The van der Waals surface area contributed by atoms with Crippen molar-refractivity contribution in [3.8, 4) is 0 Å². The molecule has 114 valence electrons. The van der Waals surface area contributed by atoms with E-state index in [4.69, 9.17) is 11.6 Å². The van der Waals surface area contributed by atoms with Crippen LogP contribution in [0.5, 0.6) is 0 Å². The zero-order chi connectivity index (χ0) is 15.4. The highest BCUT2D eigenvalue weighted by Crippen LogP contribution is 2.28. The predicted octanol–water partition coefficient (Wildman–Crippen LogP) is 3.30. The van der Waals surface area contributed by atoms with Crippen molar-refractivity contribution in [3.63, 3.8) is 0 Å². The zero-order valence-electron chi connectivity index (χ0n) is 13.0. The minimum Gasteiger partial charge on any atom is -0.302 e. The zero-order valence-corrected chi connectivity index (χ0v) is 13.7. The standard InChI is InChI=1S/C15H22ClN5/c1-5-6-17-13(15-18-7-11(4)8-19-15)14-12(16)9-20-21(14)10(2)3/h7-10,13,17H,5-6H2,1-4H3. The topological polar surface area (TPSA) is 55.6 Å². The van der Waals surface area contributed by atoms with E-state index in [0.717, 1.165) is 30.0 Å². The molecule has 21 heavy (non-hydrogen) atoms. The van der Waals surface area contributed by atoms with Gasteiger partial charge in [-0.05, 0) is 39.3 Å². The van der Waals surface area contributed by atoms with E-state index >= 15 is 0 Å². The Morgan fingerprint density at radius 1 is 1.24 bits per heavy atom.